The first-order valence-electron chi connectivity index (χ1n) is 6.93. The molecule has 1 aliphatic rings. The Morgan fingerprint density at radius 3 is 2.26 bits per heavy atom. The molecule has 1 saturated heterocycles. The minimum atomic E-state index is -0.902. The average molecular weight is 271 g/mol. The highest BCUT2D eigenvalue weighted by atomic mass is 16.4. The third kappa shape index (κ3) is 3.00. The van der Waals surface area contributed by atoms with Gasteiger partial charge in [0.05, 0.1) is 0 Å². The minimum absolute atomic E-state index is 0.00761. The molecule has 0 aromatic rings. The van der Waals surface area contributed by atoms with Crippen molar-refractivity contribution in [2.75, 3.05) is 19.7 Å². The van der Waals surface area contributed by atoms with Crippen molar-refractivity contribution >= 4 is 11.7 Å². The fourth-order valence-corrected chi connectivity index (χ4v) is 2.74. The van der Waals surface area contributed by atoms with Crippen LogP contribution >= 0.6 is 0 Å². The number of aliphatic hydroxyl groups excluding tert-OH is 1. The number of oxime groups is 1. The molecule has 6 nitrogen and oxygen atoms in total. The summed E-state index contributed by atoms with van der Waals surface area (Å²) in [6, 6.07) is 0. The van der Waals surface area contributed by atoms with E-state index in [-0.39, 0.29) is 24.3 Å². The molecule has 0 bridgehead atoms. The maximum Gasteiger partial charge on any atom is 0.236 e. The van der Waals surface area contributed by atoms with E-state index in [9.17, 15) is 4.79 Å². The summed E-state index contributed by atoms with van der Waals surface area (Å²) in [5.74, 6) is 0.210. The number of carbonyl (C=O) groups excluding carboxylic acids is 1. The smallest absolute Gasteiger partial charge is 0.236 e. The van der Waals surface area contributed by atoms with Gasteiger partial charge in [-0.25, -0.2) is 0 Å². The van der Waals surface area contributed by atoms with Gasteiger partial charge in [-0.15, -0.1) is 0 Å². The van der Waals surface area contributed by atoms with Gasteiger partial charge in [-0.3, -0.25) is 4.79 Å². The lowest BCUT2D eigenvalue weighted by Crippen LogP contribution is -2.53. The topological polar surface area (TPSA) is 99.2 Å². The van der Waals surface area contributed by atoms with Gasteiger partial charge in [0.2, 0.25) is 5.91 Å². The van der Waals surface area contributed by atoms with E-state index in [2.05, 4.69) is 5.16 Å². The molecular formula is C13H25N3O3. The van der Waals surface area contributed by atoms with Gasteiger partial charge in [0.1, 0.15) is 5.41 Å². The van der Waals surface area contributed by atoms with Gasteiger partial charge in [-0.2, -0.15) is 0 Å². The number of rotatable bonds is 5. The van der Waals surface area contributed by atoms with E-state index in [0.717, 1.165) is 12.8 Å². The summed E-state index contributed by atoms with van der Waals surface area (Å²) >= 11 is 0. The van der Waals surface area contributed by atoms with Crippen LogP contribution in [-0.4, -0.2) is 46.7 Å². The van der Waals surface area contributed by atoms with Gasteiger partial charge in [0, 0.05) is 19.7 Å². The molecule has 0 unspecified atom stereocenters. The molecule has 0 radical (unpaired) electrons. The molecule has 0 spiro atoms. The van der Waals surface area contributed by atoms with Gasteiger partial charge in [0.15, 0.2) is 5.84 Å². The highest BCUT2D eigenvalue weighted by molar-refractivity contribution is 6.06. The van der Waals surface area contributed by atoms with E-state index >= 15 is 0 Å². The number of nitrogens with zero attached hydrogens (tertiary/aromatic N) is 2. The van der Waals surface area contributed by atoms with Crippen LogP contribution in [0.1, 0.15) is 39.5 Å². The molecule has 0 saturated carbocycles. The second-order valence-electron chi connectivity index (χ2n) is 5.19. The molecule has 1 amide bonds. The van der Waals surface area contributed by atoms with Crippen molar-refractivity contribution in [3.8, 4) is 0 Å². The molecule has 0 aromatic carbocycles. The predicted molar refractivity (Wildman–Crippen MR) is 72.8 cm³/mol. The molecule has 110 valence electrons. The van der Waals surface area contributed by atoms with Gasteiger partial charge in [-0.1, -0.05) is 19.0 Å². The summed E-state index contributed by atoms with van der Waals surface area (Å²) in [6.45, 7) is 5.18. The highest BCUT2D eigenvalue weighted by Crippen LogP contribution is 2.31. The minimum Gasteiger partial charge on any atom is -0.409 e. The van der Waals surface area contributed by atoms with Crippen LogP contribution in [0, 0.1) is 11.3 Å². The first-order valence-corrected chi connectivity index (χ1v) is 6.93. The van der Waals surface area contributed by atoms with E-state index in [0.29, 0.717) is 25.9 Å². The number of piperidine rings is 1. The second-order valence-corrected chi connectivity index (χ2v) is 5.19. The Morgan fingerprint density at radius 2 is 1.89 bits per heavy atom. The molecular weight excluding hydrogens is 246 g/mol. The maximum atomic E-state index is 12.7. The summed E-state index contributed by atoms with van der Waals surface area (Å²) in [5.41, 5.74) is 4.84. The van der Waals surface area contributed by atoms with Crippen LogP contribution in [0.25, 0.3) is 0 Å². The lowest BCUT2D eigenvalue weighted by Gasteiger charge is -2.38. The zero-order valence-electron chi connectivity index (χ0n) is 11.8. The lowest BCUT2D eigenvalue weighted by atomic mass is 9.79. The largest absolute Gasteiger partial charge is 0.409 e. The van der Waals surface area contributed by atoms with Crippen molar-refractivity contribution in [3.05, 3.63) is 0 Å². The van der Waals surface area contributed by atoms with Gasteiger partial charge < -0.3 is 20.9 Å². The van der Waals surface area contributed by atoms with E-state index in [1.54, 1.807) is 4.90 Å². The van der Waals surface area contributed by atoms with E-state index in [1.165, 1.54) is 0 Å². The van der Waals surface area contributed by atoms with Crippen molar-refractivity contribution in [3.63, 3.8) is 0 Å². The predicted octanol–water partition coefficient (Wildman–Crippen LogP) is 0.770. The number of amides is 1. The number of hydrogen-bond acceptors (Lipinski definition) is 4. The first kappa shape index (κ1) is 15.8. The van der Waals surface area contributed by atoms with Crippen LogP contribution in [0.3, 0.4) is 0 Å². The quantitative estimate of drug-likeness (QED) is 0.298. The van der Waals surface area contributed by atoms with E-state index < -0.39 is 5.41 Å². The van der Waals surface area contributed by atoms with Crippen molar-refractivity contribution in [2.45, 2.75) is 39.5 Å². The lowest BCUT2D eigenvalue weighted by molar-refractivity contribution is -0.140. The summed E-state index contributed by atoms with van der Waals surface area (Å²) < 4.78 is 0. The fourth-order valence-electron chi connectivity index (χ4n) is 2.74. The molecule has 0 aromatic heterocycles. The molecule has 1 aliphatic heterocycles. The summed E-state index contributed by atoms with van der Waals surface area (Å²) in [7, 11) is 0. The molecule has 1 fully saturated rings. The standard InChI is InChI=1S/C13H25N3O3/c1-3-13(4-2,11(14)15-19)12(18)16-7-5-10(9-17)6-8-16/h10,17,19H,3-9H2,1-2H3,(H2,14,15). The molecule has 0 atom stereocenters. The Hall–Kier alpha value is -1.30. The maximum absolute atomic E-state index is 12.7. The number of nitrogens with two attached hydrogens (primary N) is 1. The first-order chi connectivity index (χ1) is 9.05. The summed E-state index contributed by atoms with van der Waals surface area (Å²) in [6.07, 6.45) is 2.64. The number of likely N-dealkylation sites (tertiary alicyclic amines) is 1. The van der Waals surface area contributed by atoms with Crippen LogP contribution < -0.4 is 5.73 Å². The molecule has 19 heavy (non-hydrogen) atoms. The Labute approximate surface area is 114 Å². The number of hydrogen-bond donors (Lipinski definition) is 3. The average Bonchev–Trinajstić information content (AvgIpc) is 2.48. The number of carbonyl (C=O) groups is 1. The Morgan fingerprint density at radius 1 is 1.37 bits per heavy atom. The van der Waals surface area contributed by atoms with Crippen molar-refractivity contribution < 1.29 is 15.1 Å². The summed E-state index contributed by atoms with van der Waals surface area (Å²) in [5, 5.41) is 21.1. The third-order valence-electron chi connectivity index (χ3n) is 4.37. The zero-order valence-corrected chi connectivity index (χ0v) is 11.8. The van der Waals surface area contributed by atoms with E-state index in [4.69, 9.17) is 16.0 Å². The van der Waals surface area contributed by atoms with Crippen molar-refractivity contribution in [2.24, 2.45) is 22.2 Å². The normalized spacial score (nSPS) is 18.7. The van der Waals surface area contributed by atoms with Crippen LogP contribution in [-0.2, 0) is 4.79 Å². The number of aliphatic hydroxyl groups is 1. The van der Waals surface area contributed by atoms with Gasteiger partial charge >= 0.3 is 0 Å². The molecule has 0 aliphatic carbocycles. The van der Waals surface area contributed by atoms with Crippen LogP contribution in [0.15, 0.2) is 5.16 Å². The van der Waals surface area contributed by atoms with Crippen LogP contribution in [0.5, 0.6) is 0 Å². The van der Waals surface area contributed by atoms with Gasteiger partial charge in [0.25, 0.3) is 0 Å². The Kier molecular flexibility index (Phi) is 5.60. The SMILES string of the molecule is CCC(CC)(C(=O)N1CCC(CO)CC1)C(N)=NO. The number of amidine groups is 1. The van der Waals surface area contributed by atoms with Crippen LogP contribution in [0.4, 0.5) is 0 Å². The highest BCUT2D eigenvalue weighted by Gasteiger charge is 2.43. The fraction of sp³-hybridized carbons (Fsp3) is 0.846. The van der Waals surface area contributed by atoms with Crippen molar-refractivity contribution in [1.82, 2.24) is 4.90 Å². The Balaban J connectivity index is 2.84. The summed E-state index contributed by atoms with van der Waals surface area (Å²) in [4.78, 5) is 14.4. The van der Waals surface area contributed by atoms with Crippen LogP contribution in [0.2, 0.25) is 0 Å². The third-order valence-corrected chi connectivity index (χ3v) is 4.37. The Bertz CT molecular complexity index is 332. The molecule has 1 rings (SSSR count). The second kappa shape index (κ2) is 6.75. The molecule has 6 heteroatoms. The molecule has 1 heterocycles. The van der Waals surface area contributed by atoms with Crippen molar-refractivity contribution in [1.29, 1.82) is 0 Å². The molecule has 4 N–H and O–H groups in total. The zero-order chi connectivity index (χ0) is 14.5. The monoisotopic (exact) mass is 271 g/mol. The van der Waals surface area contributed by atoms with E-state index in [1.807, 2.05) is 13.8 Å². The van der Waals surface area contributed by atoms with Gasteiger partial charge in [-0.05, 0) is 31.6 Å².